The van der Waals surface area contributed by atoms with Crippen molar-refractivity contribution in [1.29, 1.82) is 0 Å². The fourth-order valence-corrected chi connectivity index (χ4v) is 2.67. The van der Waals surface area contributed by atoms with E-state index in [9.17, 15) is 8.78 Å². The number of rotatable bonds is 3. The zero-order valence-corrected chi connectivity index (χ0v) is 13.0. The highest BCUT2D eigenvalue weighted by atomic mass is 79.9. The molecule has 0 fully saturated rings. The third-order valence-electron chi connectivity index (χ3n) is 2.85. The van der Waals surface area contributed by atoms with Crippen LogP contribution in [0.1, 0.15) is 17.2 Å². The van der Waals surface area contributed by atoms with Crippen molar-refractivity contribution in [3.8, 4) is 0 Å². The molecule has 1 atom stereocenters. The standard InChI is InChI=1S/C14H11Br2F2N/c15-10-5-2-4-9(14(10)18)12(19)7-8-3-1-6-11(17)13(8)16/h1-6,12H,7,19H2. The van der Waals surface area contributed by atoms with Crippen LogP contribution in [-0.4, -0.2) is 0 Å². The average Bonchev–Trinajstić information content (AvgIpc) is 2.38. The van der Waals surface area contributed by atoms with Crippen molar-refractivity contribution in [2.24, 2.45) is 5.73 Å². The summed E-state index contributed by atoms with van der Waals surface area (Å²) < 4.78 is 28.1. The van der Waals surface area contributed by atoms with Crippen LogP contribution in [0.25, 0.3) is 0 Å². The van der Waals surface area contributed by atoms with Gasteiger partial charge in [-0.15, -0.1) is 0 Å². The molecule has 0 saturated heterocycles. The van der Waals surface area contributed by atoms with Crippen LogP contribution < -0.4 is 5.73 Å². The van der Waals surface area contributed by atoms with Gasteiger partial charge in [-0.1, -0.05) is 24.3 Å². The average molecular weight is 391 g/mol. The predicted octanol–water partition coefficient (Wildman–Crippen LogP) is 4.73. The lowest BCUT2D eigenvalue weighted by atomic mass is 9.99. The Kier molecular flexibility index (Phi) is 4.71. The lowest BCUT2D eigenvalue weighted by Crippen LogP contribution is -2.15. The van der Waals surface area contributed by atoms with Crippen LogP contribution in [0.3, 0.4) is 0 Å². The van der Waals surface area contributed by atoms with Crippen molar-refractivity contribution >= 4 is 31.9 Å². The van der Waals surface area contributed by atoms with E-state index >= 15 is 0 Å². The second-order valence-electron chi connectivity index (χ2n) is 4.17. The molecule has 1 nitrogen and oxygen atoms in total. The summed E-state index contributed by atoms with van der Waals surface area (Å²) in [5, 5.41) is 0. The van der Waals surface area contributed by atoms with E-state index in [0.717, 1.165) is 0 Å². The molecule has 0 bridgehead atoms. The molecular weight excluding hydrogens is 380 g/mol. The van der Waals surface area contributed by atoms with Gasteiger partial charge in [0, 0.05) is 11.6 Å². The summed E-state index contributed by atoms with van der Waals surface area (Å²) >= 11 is 6.31. The molecule has 0 aliphatic heterocycles. The third-order valence-corrected chi connectivity index (χ3v) is 4.35. The first-order valence-electron chi connectivity index (χ1n) is 5.63. The molecule has 0 radical (unpaired) electrons. The molecule has 1 unspecified atom stereocenters. The molecule has 0 aromatic heterocycles. The Hall–Kier alpha value is -0.780. The number of benzene rings is 2. The molecule has 0 aliphatic carbocycles. The van der Waals surface area contributed by atoms with E-state index in [-0.39, 0.29) is 11.6 Å². The van der Waals surface area contributed by atoms with Gasteiger partial charge in [0.2, 0.25) is 0 Å². The molecule has 19 heavy (non-hydrogen) atoms. The highest BCUT2D eigenvalue weighted by Crippen LogP contribution is 2.28. The topological polar surface area (TPSA) is 26.0 Å². The molecule has 0 aliphatic rings. The SMILES string of the molecule is NC(Cc1cccc(F)c1Br)c1cccc(Br)c1F. The van der Waals surface area contributed by atoms with Gasteiger partial charge < -0.3 is 5.73 Å². The largest absolute Gasteiger partial charge is 0.324 e. The van der Waals surface area contributed by atoms with Crippen molar-refractivity contribution in [3.63, 3.8) is 0 Å². The highest BCUT2D eigenvalue weighted by Gasteiger charge is 2.16. The number of nitrogens with two attached hydrogens (primary N) is 1. The van der Waals surface area contributed by atoms with E-state index in [1.54, 1.807) is 30.3 Å². The van der Waals surface area contributed by atoms with Crippen LogP contribution >= 0.6 is 31.9 Å². The Bertz CT molecular complexity index is 602. The van der Waals surface area contributed by atoms with Gasteiger partial charge in [-0.3, -0.25) is 0 Å². The zero-order valence-electron chi connectivity index (χ0n) is 9.84. The maximum absolute atomic E-state index is 13.9. The van der Waals surface area contributed by atoms with E-state index in [4.69, 9.17) is 5.73 Å². The van der Waals surface area contributed by atoms with Crippen LogP contribution in [0, 0.1) is 11.6 Å². The summed E-state index contributed by atoms with van der Waals surface area (Å²) in [6.07, 6.45) is 0.353. The van der Waals surface area contributed by atoms with Crippen LogP contribution in [-0.2, 0) is 6.42 Å². The monoisotopic (exact) mass is 389 g/mol. The van der Waals surface area contributed by atoms with Crippen molar-refractivity contribution in [2.75, 3.05) is 0 Å². The van der Waals surface area contributed by atoms with Gasteiger partial charge in [0.25, 0.3) is 0 Å². The lowest BCUT2D eigenvalue weighted by molar-refractivity contribution is 0.572. The summed E-state index contributed by atoms with van der Waals surface area (Å²) in [7, 11) is 0. The maximum Gasteiger partial charge on any atom is 0.142 e. The molecule has 0 spiro atoms. The Morgan fingerprint density at radius 2 is 1.74 bits per heavy atom. The molecule has 5 heteroatoms. The first-order chi connectivity index (χ1) is 9.00. The van der Waals surface area contributed by atoms with Gasteiger partial charge in [0.1, 0.15) is 11.6 Å². The first kappa shape index (κ1) is 14.6. The zero-order chi connectivity index (χ0) is 14.0. The minimum absolute atomic E-state index is 0.348. The summed E-state index contributed by atoms with van der Waals surface area (Å²) in [5.41, 5.74) is 7.13. The van der Waals surface area contributed by atoms with E-state index in [1.807, 2.05) is 0 Å². The summed E-state index contributed by atoms with van der Waals surface area (Å²) in [6.45, 7) is 0. The summed E-state index contributed by atoms with van der Waals surface area (Å²) in [4.78, 5) is 0. The number of hydrogen-bond donors (Lipinski definition) is 1. The second kappa shape index (κ2) is 6.11. The minimum Gasteiger partial charge on any atom is -0.324 e. The van der Waals surface area contributed by atoms with Gasteiger partial charge in [-0.05, 0) is 56.0 Å². The maximum atomic E-state index is 13.9. The smallest absolute Gasteiger partial charge is 0.142 e. The van der Waals surface area contributed by atoms with E-state index in [2.05, 4.69) is 31.9 Å². The Morgan fingerprint density at radius 3 is 2.47 bits per heavy atom. The lowest BCUT2D eigenvalue weighted by Gasteiger charge is -2.15. The van der Waals surface area contributed by atoms with E-state index < -0.39 is 6.04 Å². The van der Waals surface area contributed by atoms with E-state index in [1.165, 1.54) is 6.07 Å². The Labute approximate surface area is 127 Å². The molecule has 0 heterocycles. The van der Waals surface area contributed by atoms with Crippen LogP contribution in [0.15, 0.2) is 45.3 Å². The van der Waals surface area contributed by atoms with Crippen LogP contribution in [0.5, 0.6) is 0 Å². The number of halogens is 4. The molecular formula is C14H11Br2F2N. The molecule has 2 aromatic carbocycles. The minimum atomic E-state index is -0.532. The molecule has 0 saturated carbocycles. The summed E-state index contributed by atoms with van der Waals surface area (Å²) in [5.74, 6) is -0.720. The molecule has 2 N–H and O–H groups in total. The highest BCUT2D eigenvalue weighted by molar-refractivity contribution is 9.10. The quantitative estimate of drug-likeness (QED) is 0.805. The van der Waals surface area contributed by atoms with Gasteiger partial charge in [-0.2, -0.15) is 0 Å². The van der Waals surface area contributed by atoms with Crippen molar-refractivity contribution in [1.82, 2.24) is 0 Å². The van der Waals surface area contributed by atoms with Gasteiger partial charge >= 0.3 is 0 Å². The van der Waals surface area contributed by atoms with Gasteiger partial charge in [0.15, 0.2) is 0 Å². The molecule has 0 amide bonds. The number of hydrogen-bond acceptors (Lipinski definition) is 1. The third kappa shape index (κ3) is 3.22. The summed E-state index contributed by atoms with van der Waals surface area (Å²) in [6, 6.07) is 9.18. The fraction of sp³-hybridized carbons (Fsp3) is 0.143. The van der Waals surface area contributed by atoms with Crippen LogP contribution in [0.2, 0.25) is 0 Å². The van der Waals surface area contributed by atoms with Crippen molar-refractivity contribution < 1.29 is 8.78 Å². The van der Waals surface area contributed by atoms with Gasteiger partial charge in [0.05, 0.1) is 8.95 Å². The van der Waals surface area contributed by atoms with Crippen molar-refractivity contribution in [2.45, 2.75) is 12.5 Å². The predicted molar refractivity (Wildman–Crippen MR) is 78.8 cm³/mol. The molecule has 100 valence electrons. The normalized spacial score (nSPS) is 12.5. The molecule has 2 aromatic rings. The van der Waals surface area contributed by atoms with Gasteiger partial charge in [-0.25, -0.2) is 8.78 Å². The van der Waals surface area contributed by atoms with Crippen molar-refractivity contribution in [3.05, 3.63) is 68.1 Å². The fourth-order valence-electron chi connectivity index (χ4n) is 1.86. The van der Waals surface area contributed by atoms with E-state index in [0.29, 0.717) is 26.5 Å². The Morgan fingerprint density at radius 1 is 1.05 bits per heavy atom. The van der Waals surface area contributed by atoms with Crippen LogP contribution in [0.4, 0.5) is 8.78 Å². The second-order valence-corrected chi connectivity index (χ2v) is 5.81. The Balaban J connectivity index is 2.28. The molecule has 2 rings (SSSR count). The first-order valence-corrected chi connectivity index (χ1v) is 7.21.